The largest absolute Gasteiger partial charge is 0.465 e. The number of benzene rings is 1. The van der Waals surface area contributed by atoms with Gasteiger partial charge < -0.3 is 4.74 Å². The summed E-state index contributed by atoms with van der Waals surface area (Å²) in [5.74, 6) is -0.437. The van der Waals surface area contributed by atoms with E-state index in [1.807, 2.05) is 0 Å². The molecule has 0 amide bonds. The molecule has 0 aromatic heterocycles. The standard InChI is InChI=1S/C11H10BrCl2NO4/c1-2-19-11(16)8(12)5-7-9(13)3-6(15(17)18)4-10(7)14/h3-4,8H,2,5H2,1H3. The van der Waals surface area contributed by atoms with Crippen LogP contribution in [0.25, 0.3) is 0 Å². The van der Waals surface area contributed by atoms with Gasteiger partial charge in [-0.2, -0.15) is 0 Å². The summed E-state index contributed by atoms with van der Waals surface area (Å²) in [7, 11) is 0. The van der Waals surface area contributed by atoms with Crippen LogP contribution in [0.5, 0.6) is 0 Å². The Bertz CT molecular complexity index is 486. The minimum absolute atomic E-state index is 0.146. The molecule has 1 atom stereocenters. The Morgan fingerprint density at radius 1 is 1.47 bits per heavy atom. The van der Waals surface area contributed by atoms with Gasteiger partial charge in [0.2, 0.25) is 0 Å². The van der Waals surface area contributed by atoms with Crippen molar-refractivity contribution in [1.82, 2.24) is 0 Å². The maximum absolute atomic E-state index is 11.5. The van der Waals surface area contributed by atoms with Crippen LogP contribution in [0.1, 0.15) is 12.5 Å². The zero-order valence-corrected chi connectivity index (χ0v) is 13.0. The molecule has 104 valence electrons. The fraction of sp³-hybridized carbons (Fsp3) is 0.364. The molecule has 1 unspecified atom stereocenters. The maximum Gasteiger partial charge on any atom is 0.320 e. The first-order valence-corrected chi connectivity index (χ1v) is 6.97. The number of carbonyl (C=O) groups is 1. The van der Waals surface area contributed by atoms with E-state index in [-0.39, 0.29) is 28.8 Å². The molecule has 1 rings (SSSR count). The molecule has 0 bridgehead atoms. The molecule has 1 aromatic rings. The molecular formula is C11H10BrCl2NO4. The van der Waals surface area contributed by atoms with E-state index in [0.717, 1.165) is 0 Å². The van der Waals surface area contributed by atoms with E-state index in [0.29, 0.717) is 5.56 Å². The predicted octanol–water partition coefficient (Wildman–Crippen LogP) is 3.77. The first-order valence-electron chi connectivity index (χ1n) is 5.29. The molecule has 0 aliphatic rings. The number of ether oxygens (including phenoxy) is 1. The fourth-order valence-corrected chi connectivity index (χ4v) is 2.47. The van der Waals surface area contributed by atoms with Crippen LogP contribution in [0.2, 0.25) is 10.0 Å². The van der Waals surface area contributed by atoms with Crippen molar-refractivity contribution >= 4 is 50.8 Å². The van der Waals surface area contributed by atoms with E-state index < -0.39 is 15.7 Å². The summed E-state index contributed by atoms with van der Waals surface area (Å²) in [5, 5.41) is 10.9. The number of hydrogen-bond acceptors (Lipinski definition) is 4. The predicted molar refractivity (Wildman–Crippen MR) is 76.2 cm³/mol. The van der Waals surface area contributed by atoms with E-state index in [4.69, 9.17) is 27.9 Å². The third kappa shape index (κ3) is 4.33. The van der Waals surface area contributed by atoms with Gasteiger partial charge in [-0.25, -0.2) is 0 Å². The Kier molecular flexibility index (Phi) is 6.03. The molecule has 1 aromatic carbocycles. The Balaban J connectivity index is 2.96. The molecule has 8 heteroatoms. The summed E-state index contributed by atoms with van der Waals surface area (Å²) in [4.78, 5) is 20.9. The fourth-order valence-electron chi connectivity index (χ4n) is 1.39. The molecule has 0 radical (unpaired) electrons. The summed E-state index contributed by atoms with van der Waals surface area (Å²) in [6.45, 7) is 1.96. The van der Waals surface area contributed by atoms with Gasteiger partial charge in [0, 0.05) is 12.1 Å². The van der Waals surface area contributed by atoms with Gasteiger partial charge in [-0.3, -0.25) is 14.9 Å². The van der Waals surface area contributed by atoms with Gasteiger partial charge >= 0.3 is 5.97 Å². The Morgan fingerprint density at radius 2 is 2.00 bits per heavy atom. The zero-order chi connectivity index (χ0) is 14.6. The lowest BCUT2D eigenvalue weighted by molar-refractivity contribution is -0.384. The highest BCUT2D eigenvalue weighted by molar-refractivity contribution is 9.10. The second-order valence-electron chi connectivity index (χ2n) is 3.57. The van der Waals surface area contributed by atoms with Crippen LogP contribution in [0.15, 0.2) is 12.1 Å². The number of halogens is 3. The smallest absolute Gasteiger partial charge is 0.320 e. The molecule has 0 heterocycles. The Hall–Kier alpha value is -0.850. The number of nitro benzene ring substituents is 1. The molecular weight excluding hydrogens is 361 g/mol. The van der Waals surface area contributed by atoms with Gasteiger partial charge in [0.1, 0.15) is 4.83 Å². The van der Waals surface area contributed by atoms with Crippen LogP contribution in [0.3, 0.4) is 0 Å². The summed E-state index contributed by atoms with van der Waals surface area (Å²) in [6, 6.07) is 2.40. The van der Waals surface area contributed by atoms with Gasteiger partial charge in [0.25, 0.3) is 5.69 Å². The highest BCUT2D eigenvalue weighted by atomic mass is 79.9. The second kappa shape index (κ2) is 7.07. The van der Waals surface area contributed by atoms with Gasteiger partial charge in [-0.05, 0) is 18.9 Å². The summed E-state index contributed by atoms with van der Waals surface area (Å²) in [6.07, 6.45) is 0.189. The normalized spacial score (nSPS) is 12.0. The van der Waals surface area contributed by atoms with Crippen LogP contribution in [-0.2, 0) is 16.0 Å². The van der Waals surface area contributed by atoms with Gasteiger partial charge in [-0.1, -0.05) is 39.1 Å². The van der Waals surface area contributed by atoms with Crippen LogP contribution >= 0.6 is 39.1 Å². The van der Waals surface area contributed by atoms with Crippen molar-refractivity contribution in [2.75, 3.05) is 6.61 Å². The number of rotatable bonds is 5. The molecule has 0 N–H and O–H groups in total. The number of hydrogen-bond donors (Lipinski definition) is 0. The minimum atomic E-state index is -0.607. The van der Waals surface area contributed by atoms with Crippen LogP contribution in [0.4, 0.5) is 5.69 Å². The SMILES string of the molecule is CCOC(=O)C(Br)Cc1c(Cl)cc([N+](=O)[O-])cc1Cl. The van der Waals surface area contributed by atoms with Crippen molar-refractivity contribution < 1.29 is 14.5 Å². The molecule has 0 saturated heterocycles. The number of nitrogens with zero attached hydrogens (tertiary/aromatic N) is 1. The van der Waals surface area contributed by atoms with Crippen molar-refractivity contribution in [2.45, 2.75) is 18.2 Å². The van der Waals surface area contributed by atoms with E-state index in [1.165, 1.54) is 12.1 Å². The lowest BCUT2D eigenvalue weighted by Gasteiger charge is -2.11. The van der Waals surface area contributed by atoms with Crippen molar-refractivity contribution in [1.29, 1.82) is 0 Å². The number of alkyl halides is 1. The van der Waals surface area contributed by atoms with E-state index in [1.54, 1.807) is 6.92 Å². The van der Waals surface area contributed by atoms with E-state index in [9.17, 15) is 14.9 Å². The topological polar surface area (TPSA) is 69.4 Å². The van der Waals surface area contributed by atoms with Crippen LogP contribution < -0.4 is 0 Å². The third-order valence-corrected chi connectivity index (χ3v) is 3.63. The van der Waals surface area contributed by atoms with E-state index >= 15 is 0 Å². The number of non-ortho nitro benzene ring substituents is 1. The van der Waals surface area contributed by atoms with Crippen LogP contribution in [-0.4, -0.2) is 22.3 Å². The Labute approximate surface area is 128 Å². The molecule has 0 fully saturated rings. The lowest BCUT2D eigenvalue weighted by atomic mass is 10.1. The summed E-state index contributed by atoms with van der Waals surface area (Å²) in [5.41, 5.74) is 0.268. The number of carbonyl (C=O) groups excluding carboxylic acids is 1. The second-order valence-corrected chi connectivity index (χ2v) is 5.49. The van der Waals surface area contributed by atoms with Crippen molar-refractivity contribution in [3.05, 3.63) is 37.9 Å². The summed E-state index contributed by atoms with van der Waals surface area (Å²) >= 11 is 15.1. The van der Waals surface area contributed by atoms with Gasteiger partial charge in [0.15, 0.2) is 0 Å². The average molecular weight is 371 g/mol. The third-order valence-electron chi connectivity index (χ3n) is 2.26. The van der Waals surface area contributed by atoms with Crippen LogP contribution in [0, 0.1) is 10.1 Å². The molecule has 0 spiro atoms. The minimum Gasteiger partial charge on any atom is -0.465 e. The maximum atomic E-state index is 11.5. The van der Waals surface area contributed by atoms with Gasteiger partial charge in [0.05, 0.1) is 21.6 Å². The lowest BCUT2D eigenvalue weighted by Crippen LogP contribution is -2.20. The van der Waals surface area contributed by atoms with E-state index in [2.05, 4.69) is 15.9 Å². The molecule has 0 aliphatic heterocycles. The molecule has 19 heavy (non-hydrogen) atoms. The molecule has 0 aliphatic carbocycles. The quantitative estimate of drug-likeness (QED) is 0.342. The number of nitro groups is 1. The average Bonchev–Trinajstić information content (AvgIpc) is 2.33. The van der Waals surface area contributed by atoms with Crippen molar-refractivity contribution in [3.63, 3.8) is 0 Å². The monoisotopic (exact) mass is 369 g/mol. The Morgan fingerprint density at radius 3 is 2.42 bits per heavy atom. The highest BCUT2D eigenvalue weighted by Gasteiger charge is 2.21. The molecule has 0 saturated carbocycles. The van der Waals surface area contributed by atoms with Crippen molar-refractivity contribution in [2.24, 2.45) is 0 Å². The summed E-state index contributed by atoms with van der Waals surface area (Å²) < 4.78 is 4.84. The first-order chi connectivity index (χ1) is 8.86. The van der Waals surface area contributed by atoms with Gasteiger partial charge in [-0.15, -0.1) is 0 Å². The zero-order valence-electron chi connectivity index (χ0n) is 9.86. The molecule has 5 nitrogen and oxygen atoms in total. The number of esters is 1. The first kappa shape index (κ1) is 16.2. The van der Waals surface area contributed by atoms with Crippen molar-refractivity contribution in [3.8, 4) is 0 Å². The highest BCUT2D eigenvalue weighted by Crippen LogP contribution is 2.32.